The normalized spacial score (nSPS) is 13.9. The van der Waals surface area contributed by atoms with Crippen LogP contribution in [0.15, 0.2) is 23.6 Å². The van der Waals surface area contributed by atoms with E-state index in [2.05, 4.69) is 37.1 Å². The molecule has 1 amide bonds. The fourth-order valence-corrected chi connectivity index (χ4v) is 4.54. The number of anilines is 1. The van der Waals surface area contributed by atoms with Crippen LogP contribution in [0, 0.1) is 19.8 Å². The Morgan fingerprint density at radius 3 is 2.26 bits per heavy atom. The zero-order chi connectivity index (χ0) is 26.1. The maximum atomic E-state index is 12.7. The van der Waals surface area contributed by atoms with E-state index >= 15 is 0 Å². The van der Waals surface area contributed by atoms with Gasteiger partial charge in [-0.15, -0.1) is 11.3 Å². The second-order valence-electron chi connectivity index (χ2n) is 8.49. The maximum Gasteiger partial charge on any atom is 0.414 e. The second-order valence-corrected chi connectivity index (χ2v) is 9.37. The van der Waals surface area contributed by atoms with Crippen LogP contribution in [-0.4, -0.2) is 65.2 Å². The Bertz CT molecular complexity index is 1060. The molecular weight excluding hydrogens is 472 g/mol. The molecule has 3 rings (SSSR count). The molecule has 0 saturated carbocycles. The highest BCUT2D eigenvalue weighted by atomic mass is 32.1. The molecule has 1 aliphatic heterocycles. The van der Waals surface area contributed by atoms with Gasteiger partial charge >= 0.3 is 17.9 Å². The van der Waals surface area contributed by atoms with Gasteiger partial charge in [0.25, 0.3) is 0 Å². The molecule has 0 bridgehead atoms. The number of piperidine rings is 1. The summed E-state index contributed by atoms with van der Waals surface area (Å²) in [6.45, 7) is 10.7. The summed E-state index contributed by atoms with van der Waals surface area (Å²) in [4.78, 5) is 45.7. The number of thiophene rings is 1. The van der Waals surface area contributed by atoms with E-state index in [0.717, 1.165) is 48.5 Å². The van der Waals surface area contributed by atoms with Gasteiger partial charge in [-0.05, 0) is 69.3 Å². The van der Waals surface area contributed by atoms with E-state index in [1.165, 1.54) is 16.9 Å². The number of benzene rings is 1. The lowest BCUT2D eigenvalue weighted by Gasteiger charge is -2.29. The maximum absolute atomic E-state index is 12.7. The lowest BCUT2D eigenvalue weighted by Crippen LogP contribution is -2.38. The number of aliphatic carboxylic acids is 2. The van der Waals surface area contributed by atoms with E-state index in [0.29, 0.717) is 23.7 Å². The number of nitrogens with one attached hydrogen (secondary N) is 1. The molecule has 0 radical (unpaired) electrons. The van der Waals surface area contributed by atoms with Crippen molar-refractivity contribution in [2.45, 2.75) is 40.5 Å². The standard InChI is InChI=1S/C23H30N2O3S.C2H2O4/c1-5-28-23(27)21-19(18-7-6-16(3)17(4)12-18)14-29-22(21)24-20(26)13-25-10-8-15(2)9-11-25;3-1(4)2(5)6/h6-7,12,14-15H,5,8-11,13H2,1-4H3,(H,24,26);(H,3,4)(H,5,6). The van der Waals surface area contributed by atoms with Gasteiger partial charge in [0.2, 0.25) is 5.91 Å². The first-order valence-corrected chi connectivity index (χ1v) is 12.3. The minimum atomic E-state index is -1.82. The number of hydrogen-bond acceptors (Lipinski definition) is 7. The molecule has 10 heteroatoms. The van der Waals surface area contributed by atoms with Crippen LogP contribution >= 0.6 is 11.3 Å². The van der Waals surface area contributed by atoms with Crippen LogP contribution in [0.5, 0.6) is 0 Å². The fourth-order valence-electron chi connectivity index (χ4n) is 3.57. The first kappa shape index (κ1) is 28.0. The third-order valence-electron chi connectivity index (χ3n) is 5.77. The molecule has 2 heterocycles. The number of nitrogens with zero attached hydrogens (tertiary/aromatic N) is 1. The number of carboxylic acids is 2. The topological polar surface area (TPSA) is 133 Å². The number of esters is 1. The zero-order valence-corrected chi connectivity index (χ0v) is 21.2. The van der Waals surface area contributed by atoms with Crippen LogP contribution in [0.3, 0.4) is 0 Å². The van der Waals surface area contributed by atoms with Crippen molar-refractivity contribution in [2.75, 3.05) is 31.6 Å². The first-order valence-electron chi connectivity index (χ1n) is 11.4. The van der Waals surface area contributed by atoms with E-state index in [9.17, 15) is 9.59 Å². The van der Waals surface area contributed by atoms with Gasteiger partial charge < -0.3 is 20.3 Å². The van der Waals surface area contributed by atoms with Gasteiger partial charge in [0.05, 0.1) is 13.2 Å². The molecule has 35 heavy (non-hydrogen) atoms. The van der Waals surface area contributed by atoms with Crippen molar-refractivity contribution < 1.29 is 34.1 Å². The molecule has 9 nitrogen and oxygen atoms in total. The number of likely N-dealkylation sites (tertiary alicyclic amines) is 1. The highest BCUT2D eigenvalue weighted by molar-refractivity contribution is 7.15. The Kier molecular flexibility index (Phi) is 10.4. The minimum Gasteiger partial charge on any atom is -0.473 e. The first-order chi connectivity index (χ1) is 16.5. The summed E-state index contributed by atoms with van der Waals surface area (Å²) in [7, 11) is 0. The fraction of sp³-hybridized carbons (Fsp3) is 0.440. The number of carbonyl (C=O) groups excluding carboxylic acids is 2. The molecule has 0 spiro atoms. The van der Waals surface area contributed by atoms with Gasteiger partial charge in [0.1, 0.15) is 10.6 Å². The van der Waals surface area contributed by atoms with E-state index in [1.807, 2.05) is 17.5 Å². The van der Waals surface area contributed by atoms with Crippen molar-refractivity contribution in [3.8, 4) is 11.1 Å². The van der Waals surface area contributed by atoms with Crippen LogP contribution in [0.1, 0.15) is 48.2 Å². The van der Waals surface area contributed by atoms with Gasteiger partial charge in [-0.25, -0.2) is 14.4 Å². The summed E-state index contributed by atoms with van der Waals surface area (Å²) in [5.41, 5.74) is 4.57. The van der Waals surface area contributed by atoms with Crippen LogP contribution < -0.4 is 5.32 Å². The Labute approximate surface area is 208 Å². The average Bonchev–Trinajstić information content (AvgIpc) is 3.21. The summed E-state index contributed by atoms with van der Waals surface area (Å²) in [6, 6.07) is 6.13. The van der Waals surface area contributed by atoms with Crippen molar-refractivity contribution in [2.24, 2.45) is 5.92 Å². The van der Waals surface area contributed by atoms with Crippen molar-refractivity contribution in [1.29, 1.82) is 0 Å². The highest BCUT2D eigenvalue weighted by Crippen LogP contribution is 2.37. The molecule has 1 aliphatic rings. The third kappa shape index (κ3) is 8.18. The van der Waals surface area contributed by atoms with Crippen LogP contribution in [0.2, 0.25) is 0 Å². The number of rotatable bonds is 6. The van der Waals surface area contributed by atoms with E-state index in [4.69, 9.17) is 24.5 Å². The molecule has 3 N–H and O–H groups in total. The predicted molar refractivity (Wildman–Crippen MR) is 134 cm³/mol. The lowest BCUT2D eigenvalue weighted by atomic mass is 9.99. The summed E-state index contributed by atoms with van der Waals surface area (Å²) >= 11 is 1.37. The molecule has 0 unspecified atom stereocenters. The second kappa shape index (κ2) is 13.0. The molecule has 1 aromatic heterocycles. The zero-order valence-electron chi connectivity index (χ0n) is 20.4. The summed E-state index contributed by atoms with van der Waals surface area (Å²) in [5, 5.41) is 20.2. The van der Waals surface area contributed by atoms with Crippen LogP contribution in [0.25, 0.3) is 11.1 Å². The molecule has 0 aliphatic carbocycles. The van der Waals surface area contributed by atoms with Crippen molar-refractivity contribution in [3.05, 3.63) is 40.3 Å². The Morgan fingerprint density at radius 1 is 1.09 bits per heavy atom. The predicted octanol–water partition coefficient (Wildman–Crippen LogP) is 4.03. The van der Waals surface area contributed by atoms with Crippen LogP contribution in [-0.2, 0) is 19.1 Å². The van der Waals surface area contributed by atoms with Gasteiger partial charge in [-0.3, -0.25) is 9.69 Å². The summed E-state index contributed by atoms with van der Waals surface area (Å²) in [6.07, 6.45) is 2.24. The van der Waals surface area contributed by atoms with Crippen molar-refractivity contribution in [3.63, 3.8) is 0 Å². The third-order valence-corrected chi connectivity index (χ3v) is 6.66. The van der Waals surface area contributed by atoms with Crippen molar-refractivity contribution >= 4 is 40.2 Å². The van der Waals surface area contributed by atoms with Gasteiger partial charge in [-0.1, -0.05) is 25.1 Å². The quantitative estimate of drug-likeness (QED) is 0.397. The molecule has 190 valence electrons. The number of aryl methyl sites for hydroxylation is 2. The Balaban J connectivity index is 0.000000641. The number of carboxylic acid groups (broad SMARTS) is 2. The lowest BCUT2D eigenvalue weighted by molar-refractivity contribution is -0.159. The smallest absolute Gasteiger partial charge is 0.414 e. The van der Waals surface area contributed by atoms with Gasteiger partial charge in [-0.2, -0.15) is 0 Å². The summed E-state index contributed by atoms with van der Waals surface area (Å²) in [5.74, 6) is -3.41. The number of ether oxygens (including phenoxy) is 1. The van der Waals surface area contributed by atoms with E-state index in [-0.39, 0.29) is 5.91 Å². The van der Waals surface area contributed by atoms with E-state index < -0.39 is 17.9 Å². The molecule has 0 atom stereocenters. The number of carbonyl (C=O) groups is 4. The Morgan fingerprint density at radius 2 is 1.71 bits per heavy atom. The molecule has 1 fully saturated rings. The van der Waals surface area contributed by atoms with E-state index in [1.54, 1.807) is 6.92 Å². The minimum absolute atomic E-state index is 0.0846. The van der Waals surface area contributed by atoms with Crippen molar-refractivity contribution in [1.82, 2.24) is 4.90 Å². The molecule has 1 aromatic carbocycles. The highest BCUT2D eigenvalue weighted by Gasteiger charge is 2.24. The number of amides is 1. The molecule has 2 aromatic rings. The summed E-state index contributed by atoms with van der Waals surface area (Å²) < 4.78 is 5.29. The molecule has 1 saturated heterocycles. The monoisotopic (exact) mass is 504 g/mol. The van der Waals surface area contributed by atoms with Gasteiger partial charge in [0.15, 0.2) is 0 Å². The Hall–Kier alpha value is -3.24. The van der Waals surface area contributed by atoms with Gasteiger partial charge in [0, 0.05) is 10.9 Å². The SMILES string of the molecule is CCOC(=O)c1c(-c2ccc(C)c(C)c2)csc1NC(=O)CN1CCC(C)CC1.O=C(O)C(=O)O. The van der Waals surface area contributed by atoms with Crippen LogP contribution in [0.4, 0.5) is 5.00 Å². The largest absolute Gasteiger partial charge is 0.473 e. The average molecular weight is 505 g/mol. The number of hydrogen-bond donors (Lipinski definition) is 3. The molecular formula is C25H32N2O7S.